The molecule has 2 rings (SSSR count). The molecule has 0 saturated heterocycles. The van der Waals surface area contributed by atoms with Crippen LogP contribution in [-0.2, 0) is 13.0 Å². The SMILES string of the molecule is CCc1ccc(COc2cc(Br)ccc2C(C)NC)cc1. The smallest absolute Gasteiger partial charge is 0.125 e. The van der Waals surface area contributed by atoms with E-state index in [-0.39, 0.29) is 6.04 Å². The third kappa shape index (κ3) is 4.32. The first-order chi connectivity index (χ1) is 10.1. The van der Waals surface area contributed by atoms with Gasteiger partial charge in [-0.2, -0.15) is 0 Å². The summed E-state index contributed by atoms with van der Waals surface area (Å²) in [6.07, 6.45) is 1.07. The van der Waals surface area contributed by atoms with Gasteiger partial charge >= 0.3 is 0 Å². The summed E-state index contributed by atoms with van der Waals surface area (Å²) in [4.78, 5) is 0. The van der Waals surface area contributed by atoms with E-state index < -0.39 is 0 Å². The Kier molecular flexibility index (Phi) is 5.83. The van der Waals surface area contributed by atoms with Crippen LogP contribution in [0.5, 0.6) is 5.75 Å². The molecule has 2 nitrogen and oxygen atoms in total. The van der Waals surface area contributed by atoms with E-state index in [0.717, 1.165) is 16.6 Å². The molecule has 0 aliphatic rings. The molecule has 2 aromatic rings. The maximum atomic E-state index is 6.03. The fraction of sp³-hybridized carbons (Fsp3) is 0.333. The number of hydrogen-bond acceptors (Lipinski definition) is 2. The number of hydrogen-bond donors (Lipinski definition) is 1. The standard InChI is InChI=1S/C18H22BrNO/c1-4-14-5-7-15(8-6-14)12-21-18-11-16(19)9-10-17(18)13(2)20-3/h5-11,13,20H,4,12H2,1-3H3. The fourth-order valence-corrected chi connectivity index (χ4v) is 2.52. The zero-order valence-corrected chi connectivity index (χ0v) is 14.4. The monoisotopic (exact) mass is 347 g/mol. The molecule has 0 aliphatic carbocycles. The summed E-state index contributed by atoms with van der Waals surface area (Å²) in [5.74, 6) is 0.922. The Morgan fingerprint density at radius 2 is 1.76 bits per heavy atom. The van der Waals surface area contributed by atoms with Crippen molar-refractivity contribution in [3.63, 3.8) is 0 Å². The van der Waals surface area contributed by atoms with Crippen molar-refractivity contribution in [2.75, 3.05) is 7.05 Å². The van der Waals surface area contributed by atoms with Crippen molar-refractivity contribution >= 4 is 15.9 Å². The van der Waals surface area contributed by atoms with Gasteiger partial charge in [0.2, 0.25) is 0 Å². The molecule has 0 radical (unpaired) electrons. The summed E-state index contributed by atoms with van der Waals surface area (Å²) in [5.41, 5.74) is 3.71. The van der Waals surface area contributed by atoms with E-state index in [0.29, 0.717) is 6.61 Å². The van der Waals surface area contributed by atoms with Crippen molar-refractivity contribution in [2.24, 2.45) is 0 Å². The highest BCUT2D eigenvalue weighted by atomic mass is 79.9. The zero-order valence-electron chi connectivity index (χ0n) is 12.8. The molecule has 0 heterocycles. The molecule has 21 heavy (non-hydrogen) atoms. The second-order valence-corrected chi connectivity index (χ2v) is 6.07. The van der Waals surface area contributed by atoms with Crippen LogP contribution in [0.25, 0.3) is 0 Å². The van der Waals surface area contributed by atoms with Crippen LogP contribution in [0.15, 0.2) is 46.9 Å². The Hall–Kier alpha value is -1.32. The summed E-state index contributed by atoms with van der Waals surface area (Å²) in [5, 5.41) is 3.26. The minimum absolute atomic E-state index is 0.260. The van der Waals surface area contributed by atoms with Crippen LogP contribution < -0.4 is 10.1 Å². The maximum absolute atomic E-state index is 6.03. The molecular weight excluding hydrogens is 326 g/mol. The Bertz CT molecular complexity index is 580. The van der Waals surface area contributed by atoms with Gasteiger partial charge in [0.1, 0.15) is 12.4 Å². The average molecular weight is 348 g/mol. The molecule has 0 amide bonds. The Labute approximate surface area is 135 Å². The Balaban J connectivity index is 2.12. The predicted octanol–water partition coefficient (Wildman–Crippen LogP) is 4.87. The fourth-order valence-electron chi connectivity index (χ4n) is 2.18. The van der Waals surface area contributed by atoms with E-state index in [2.05, 4.69) is 65.4 Å². The van der Waals surface area contributed by atoms with Crippen molar-refractivity contribution in [1.82, 2.24) is 5.32 Å². The quantitative estimate of drug-likeness (QED) is 0.804. The summed E-state index contributed by atoms with van der Waals surface area (Å²) >= 11 is 3.51. The van der Waals surface area contributed by atoms with Crippen LogP contribution in [0, 0.1) is 0 Å². The molecule has 112 valence electrons. The van der Waals surface area contributed by atoms with Crippen LogP contribution in [0.3, 0.4) is 0 Å². The molecule has 2 aromatic carbocycles. The van der Waals surface area contributed by atoms with Crippen molar-refractivity contribution < 1.29 is 4.74 Å². The molecule has 0 aromatic heterocycles. The van der Waals surface area contributed by atoms with Crippen molar-refractivity contribution in [2.45, 2.75) is 32.9 Å². The minimum Gasteiger partial charge on any atom is -0.489 e. The van der Waals surface area contributed by atoms with Crippen LogP contribution in [0.4, 0.5) is 0 Å². The van der Waals surface area contributed by atoms with Gasteiger partial charge in [0.15, 0.2) is 0 Å². The van der Waals surface area contributed by atoms with Gasteiger partial charge in [0.25, 0.3) is 0 Å². The Morgan fingerprint density at radius 3 is 2.38 bits per heavy atom. The number of halogens is 1. The number of rotatable bonds is 6. The molecule has 3 heteroatoms. The third-order valence-electron chi connectivity index (χ3n) is 3.70. The summed E-state index contributed by atoms with van der Waals surface area (Å²) in [6, 6.07) is 15.0. The molecule has 0 fully saturated rings. The lowest BCUT2D eigenvalue weighted by Crippen LogP contribution is -2.13. The molecular formula is C18H22BrNO. The topological polar surface area (TPSA) is 21.3 Å². The second kappa shape index (κ2) is 7.62. The number of aryl methyl sites for hydroxylation is 1. The second-order valence-electron chi connectivity index (χ2n) is 5.15. The molecule has 1 unspecified atom stereocenters. The van der Waals surface area contributed by atoms with Gasteiger partial charge in [-0.1, -0.05) is 53.2 Å². The first-order valence-corrected chi connectivity index (χ1v) is 8.10. The molecule has 1 atom stereocenters. The van der Waals surface area contributed by atoms with Crippen molar-refractivity contribution in [3.8, 4) is 5.75 Å². The number of ether oxygens (including phenoxy) is 1. The van der Waals surface area contributed by atoms with Crippen molar-refractivity contribution in [3.05, 3.63) is 63.6 Å². The van der Waals surface area contributed by atoms with Crippen LogP contribution in [0.1, 0.15) is 36.6 Å². The molecule has 0 aliphatic heterocycles. The Morgan fingerprint density at radius 1 is 1.10 bits per heavy atom. The van der Waals surface area contributed by atoms with Gasteiger partial charge < -0.3 is 10.1 Å². The van der Waals surface area contributed by atoms with Gasteiger partial charge in [-0.3, -0.25) is 0 Å². The summed E-state index contributed by atoms with van der Waals surface area (Å²) in [7, 11) is 1.96. The third-order valence-corrected chi connectivity index (χ3v) is 4.19. The first-order valence-electron chi connectivity index (χ1n) is 7.31. The van der Waals surface area contributed by atoms with Crippen LogP contribution >= 0.6 is 15.9 Å². The van der Waals surface area contributed by atoms with E-state index in [1.54, 1.807) is 0 Å². The minimum atomic E-state index is 0.260. The van der Waals surface area contributed by atoms with Gasteiger partial charge in [-0.05, 0) is 43.7 Å². The maximum Gasteiger partial charge on any atom is 0.125 e. The predicted molar refractivity (Wildman–Crippen MR) is 91.8 cm³/mol. The van der Waals surface area contributed by atoms with Gasteiger partial charge in [-0.25, -0.2) is 0 Å². The van der Waals surface area contributed by atoms with Gasteiger partial charge in [-0.15, -0.1) is 0 Å². The molecule has 0 spiro atoms. The summed E-state index contributed by atoms with van der Waals surface area (Å²) in [6.45, 7) is 4.88. The average Bonchev–Trinajstić information content (AvgIpc) is 2.52. The molecule has 0 bridgehead atoms. The van der Waals surface area contributed by atoms with Crippen LogP contribution in [0.2, 0.25) is 0 Å². The zero-order chi connectivity index (χ0) is 15.2. The highest BCUT2D eigenvalue weighted by Crippen LogP contribution is 2.29. The lowest BCUT2D eigenvalue weighted by Gasteiger charge is -2.17. The molecule has 1 N–H and O–H groups in total. The first kappa shape index (κ1) is 16.1. The van der Waals surface area contributed by atoms with Crippen molar-refractivity contribution in [1.29, 1.82) is 0 Å². The normalized spacial score (nSPS) is 12.2. The van der Waals surface area contributed by atoms with E-state index in [4.69, 9.17) is 4.74 Å². The van der Waals surface area contributed by atoms with E-state index in [1.165, 1.54) is 16.7 Å². The largest absolute Gasteiger partial charge is 0.489 e. The lowest BCUT2D eigenvalue weighted by atomic mass is 10.1. The van der Waals surface area contributed by atoms with Gasteiger partial charge in [0, 0.05) is 16.1 Å². The van der Waals surface area contributed by atoms with Crippen LogP contribution in [-0.4, -0.2) is 7.05 Å². The highest BCUT2D eigenvalue weighted by molar-refractivity contribution is 9.10. The number of benzene rings is 2. The summed E-state index contributed by atoms with van der Waals surface area (Å²) < 4.78 is 7.06. The van der Waals surface area contributed by atoms with E-state index >= 15 is 0 Å². The van der Waals surface area contributed by atoms with E-state index in [9.17, 15) is 0 Å². The lowest BCUT2D eigenvalue weighted by molar-refractivity contribution is 0.300. The molecule has 0 saturated carbocycles. The van der Waals surface area contributed by atoms with Gasteiger partial charge in [0.05, 0.1) is 0 Å². The van der Waals surface area contributed by atoms with E-state index in [1.807, 2.05) is 19.2 Å². The number of nitrogens with one attached hydrogen (secondary N) is 1. The highest BCUT2D eigenvalue weighted by Gasteiger charge is 2.10.